The minimum absolute atomic E-state index is 0.767. The van der Waals surface area contributed by atoms with Gasteiger partial charge in [0.15, 0.2) is 6.29 Å². The van der Waals surface area contributed by atoms with Crippen LogP contribution in [-0.2, 0) is 0 Å². The highest BCUT2D eigenvalue weighted by atomic mass is 32.2. The van der Waals surface area contributed by atoms with Crippen molar-refractivity contribution in [2.45, 2.75) is 42.8 Å². The van der Waals surface area contributed by atoms with E-state index in [0.29, 0.717) is 0 Å². The second-order valence-corrected chi connectivity index (χ2v) is 6.63. The molecule has 0 amide bonds. The molecular formula is C12H16OS2. The van der Waals surface area contributed by atoms with Gasteiger partial charge in [-0.15, -0.1) is 23.1 Å². The third kappa shape index (κ3) is 3.08. The molecule has 0 aromatic carbocycles. The van der Waals surface area contributed by atoms with Gasteiger partial charge in [0.2, 0.25) is 0 Å². The van der Waals surface area contributed by atoms with Crippen LogP contribution in [0.2, 0.25) is 0 Å². The molecule has 0 spiro atoms. The van der Waals surface area contributed by atoms with Crippen molar-refractivity contribution in [3.05, 3.63) is 16.3 Å². The molecule has 0 aliphatic heterocycles. The van der Waals surface area contributed by atoms with Crippen molar-refractivity contribution in [2.75, 3.05) is 0 Å². The Morgan fingerprint density at radius 3 is 3.07 bits per heavy atom. The Morgan fingerprint density at radius 1 is 1.53 bits per heavy atom. The summed E-state index contributed by atoms with van der Waals surface area (Å²) in [6.07, 6.45) is 6.36. The van der Waals surface area contributed by atoms with Gasteiger partial charge in [0, 0.05) is 15.5 Å². The number of carbonyl (C=O) groups excluding carboxylic acids is 1. The van der Waals surface area contributed by atoms with Crippen LogP contribution in [0, 0.1) is 5.92 Å². The molecule has 2 unspecified atom stereocenters. The van der Waals surface area contributed by atoms with E-state index in [2.05, 4.69) is 12.3 Å². The molecule has 1 fully saturated rings. The summed E-state index contributed by atoms with van der Waals surface area (Å²) in [5.74, 6) is 0.875. The van der Waals surface area contributed by atoms with Crippen LogP contribution in [0.3, 0.4) is 0 Å². The summed E-state index contributed by atoms with van der Waals surface area (Å²) in [5.41, 5.74) is 0. The fourth-order valence-corrected chi connectivity index (χ4v) is 4.44. The van der Waals surface area contributed by atoms with Crippen LogP contribution >= 0.6 is 23.1 Å². The van der Waals surface area contributed by atoms with E-state index in [1.54, 1.807) is 11.3 Å². The first-order chi connectivity index (χ1) is 7.28. The number of aldehydes is 1. The molecule has 2 atom stereocenters. The summed E-state index contributed by atoms with van der Waals surface area (Å²) in [6.45, 7) is 2.34. The second-order valence-electron chi connectivity index (χ2n) is 4.31. The van der Waals surface area contributed by atoms with E-state index in [4.69, 9.17) is 0 Å². The average molecular weight is 240 g/mol. The Morgan fingerprint density at radius 2 is 2.40 bits per heavy atom. The van der Waals surface area contributed by atoms with Gasteiger partial charge in [-0.05, 0) is 24.8 Å². The lowest BCUT2D eigenvalue weighted by Gasteiger charge is -2.25. The molecule has 1 nitrogen and oxygen atoms in total. The van der Waals surface area contributed by atoms with E-state index in [9.17, 15) is 4.79 Å². The molecule has 1 saturated carbocycles. The molecule has 1 aromatic rings. The second kappa shape index (κ2) is 5.17. The Balaban J connectivity index is 1.92. The van der Waals surface area contributed by atoms with E-state index in [-0.39, 0.29) is 0 Å². The standard InChI is InChI=1S/C12H16OS2/c1-9-3-2-4-10(5-9)15-12-6-11(7-13)14-8-12/h6-10H,2-5H2,1H3. The molecule has 15 heavy (non-hydrogen) atoms. The zero-order valence-electron chi connectivity index (χ0n) is 8.94. The van der Waals surface area contributed by atoms with Crippen molar-refractivity contribution >= 4 is 29.4 Å². The Kier molecular flexibility index (Phi) is 3.87. The molecule has 3 heteroatoms. The van der Waals surface area contributed by atoms with Crippen LogP contribution in [-0.4, -0.2) is 11.5 Å². The summed E-state index contributed by atoms with van der Waals surface area (Å²) in [4.78, 5) is 12.7. The fraction of sp³-hybridized carbons (Fsp3) is 0.583. The minimum Gasteiger partial charge on any atom is -0.297 e. The molecule has 1 heterocycles. The van der Waals surface area contributed by atoms with E-state index < -0.39 is 0 Å². The monoisotopic (exact) mass is 240 g/mol. The summed E-state index contributed by atoms with van der Waals surface area (Å²) < 4.78 is 0. The van der Waals surface area contributed by atoms with Crippen LogP contribution in [0.5, 0.6) is 0 Å². The van der Waals surface area contributed by atoms with Crippen LogP contribution in [0.15, 0.2) is 16.3 Å². The highest BCUT2D eigenvalue weighted by Crippen LogP contribution is 2.37. The third-order valence-corrected chi connectivity index (χ3v) is 5.18. The molecule has 0 saturated heterocycles. The first kappa shape index (κ1) is 11.2. The predicted molar refractivity (Wildman–Crippen MR) is 67.0 cm³/mol. The number of thioether (sulfide) groups is 1. The summed E-state index contributed by atoms with van der Waals surface area (Å²) in [7, 11) is 0. The first-order valence-corrected chi connectivity index (χ1v) is 7.24. The van der Waals surface area contributed by atoms with Crippen LogP contribution < -0.4 is 0 Å². The summed E-state index contributed by atoms with van der Waals surface area (Å²) >= 11 is 3.51. The maximum absolute atomic E-state index is 10.6. The van der Waals surface area contributed by atoms with Crippen LogP contribution in [0.1, 0.15) is 42.3 Å². The van der Waals surface area contributed by atoms with Gasteiger partial charge in [0.25, 0.3) is 0 Å². The smallest absolute Gasteiger partial charge is 0.160 e. The quantitative estimate of drug-likeness (QED) is 0.735. The summed E-state index contributed by atoms with van der Waals surface area (Å²) in [6, 6.07) is 2.02. The Labute approximate surface area is 99.3 Å². The van der Waals surface area contributed by atoms with Crippen molar-refractivity contribution in [3.8, 4) is 0 Å². The van der Waals surface area contributed by atoms with Crippen molar-refractivity contribution in [3.63, 3.8) is 0 Å². The SMILES string of the molecule is CC1CCCC(Sc2csc(C=O)c2)C1. The van der Waals surface area contributed by atoms with Gasteiger partial charge >= 0.3 is 0 Å². The van der Waals surface area contributed by atoms with Gasteiger partial charge in [0.1, 0.15) is 0 Å². The maximum Gasteiger partial charge on any atom is 0.160 e. The molecule has 1 aliphatic rings. The third-order valence-electron chi connectivity index (χ3n) is 2.90. The number of hydrogen-bond donors (Lipinski definition) is 0. The van der Waals surface area contributed by atoms with Crippen LogP contribution in [0.25, 0.3) is 0 Å². The van der Waals surface area contributed by atoms with Gasteiger partial charge < -0.3 is 0 Å². The first-order valence-electron chi connectivity index (χ1n) is 5.48. The van der Waals surface area contributed by atoms with Gasteiger partial charge in [-0.3, -0.25) is 4.79 Å². The molecule has 0 bridgehead atoms. The van der Waals surface area contributed by atoms with E-state index in [1.165, 1.54) is 30.6 Å². The van der Waals surface area contributed by atoms with Crippen molar-refractivity contribution in [1.82, 2.24) is 0 Å². The van der Waals surface area contributed by atoms with Gasteiger partial charge in [0.05, 0.1) is 4.88 Å². The molecule has 1 aromatic heterocycles. The molecule has 82 valence electrons. The van der Waals surface area contributed by atoms with Gasteiger partial charge in [-0.1, -0.05) is 19.8 Å². The predicted octanol–water partition coefficient (Wildman–Crippen LogP) is 4.23. The number of carbonyl (C=O) groups is 1. The van der Waals surface area contributed by atoms with Crippen molar-refractivity contribution in [1.29, 1.82) is 0 Å². The normalized spacial score (nSPS) is 26.5. The molecular weight excluding hydrogens is 224 g/mol. The zero-order chi connectivity index (χ0) is 10.7. The van der Waals surface area contributed by atoms with Gasteiger partial charge in [-0.25, -0.2) is 0 Å². The highest BCUT2D eigenvalue weighted by molar-refractivity contribution is 8.00. The number of thiophene rings is 1. The Bertz CT molecular complexity index is 332. The van der Waals surface area contributed by atoms with Gasteiger partial charge in [-0.2, -0.15) is 0 Å². The highest BCUT2D eigenvalue weighted by Gasteiger charge is 2.19. The van der Waals surface area contributed by atoms with Crippen molar-refractivity contribution in [2.24, 2.45) is 5.92 Å². The number of hydrogen-bond acceptors (Lipinski definition) is 3. The van der Waals surface area contributed by atoms with E-state index in [0.717, 1.165) is 22.3 Å². The average Bonchev–Trinajstić information content (AvgIpc) is 2.65. The minimum atomic E-state index is 0.767. The van der Waals surface area contributed by atoms with E-state index >= 15 is 0 Å². The van der Waals surface area contributed by atoms with Crippen LogP contribution in [0.4, 0.5) is 0 Å². The Hall–Kier alpha value is -0.280. The lowest BCUT2D eigenvalue weighted by molar-refractivity contribution is 0.112. The molecule has 1 aliphatic carbocycles. The lowest BCUT2D eigenvalue weighted by atomic mass is 9.91. The fourth-order valence-electron chi connectivity index (χ4n) is 2.14. The maximum atomic E-state index is 10.6. The molecule has 2 rings (SSSR count). The van der Waals surface area contributed by atoms with Crippen molar-refractivity contribution < 1.29 is 4.79 Å². The molecule has 0 radical (unpaired) electrons. The van der Waals surface area contributed by atoms with E-state index in [1.807, 2.05) is 17.8 Å². The zero-order valence-corrected chi connectivity index (χ0v) is 10.6. The largest absolute Gasteiger partial charge is 0.297 e. The topological polar surface area (TPSA) is 17.1 Å². The molecule has 0 N–H and O–H groups in total. The summed E-state index contributed by atoms with van der Waals surface area (Å²) in [5, 5.41) is 2.87. The number of rotatable bonds is 3. The lowest BCUT2D eigenvalue weighted by Crippen LogP contribution is -2.14.